The van der Waals surface area contributed by atoms with Crippen molar-refractivity contribution in [1.82, 2.24) is 4.74 Å². The van der Waals surface area contributed by atoms with E-state index in [9.17, 15) is 29.7 Å². The number of para-hydroxylation sites is 1. The Morgan fingerprint density at radius 2 is 2.03 bits per heavy atom. The summed E-state index contributed by atoms with van der Waals surface area (Å²) in [4.78, 5) is 37.8. The molecule has 2 aromatic carbocycles. The van der Waals surface area contributed by atoms with Crippen molar-refractivity contribution >= 4 is 28.4 Å². The number of aliphatic hydroxyl groups is 2. The minimum atomic E-state index is -2.26. The largest absolute Gasteiger partial charge is 0.506 e. The zero-order valence-corrected chi connectivity index (χ0v) is 17.2. The van der Waals surface area contributed by atoms with Gasteiger partial charge in [-0.3, -0.25) is 4.79 Å². The molecule has 3 heterocycles. The van der Waals surface area contributed by atoms with Gasteiger partial charge in [-0.15, -0.1) is 0 Å². The molecule has 10 heteroatoms. The molecule has 10 nitrogen and oxygen atoms in total. The summed E-state index contributed by atoms with van der Waals surface area (Å²) in [5.41, 5.74) is -1.62. The SMILES string of the molecule is COC(=O)C12Oc3cc4c(c(O)c3C(O)=C1C(=O)CCC2O)-c1cccc2c(=O)on(c12)C4. The van der Waals surface area contributed by atoms with Crippen LogP contribution in [0.3, 0.4) is 0 Å². The number of benzene rings is 2. The van der Waals surface area contributed by atoms with E-state index in [2.05, 4.69) is 0 Å². The van der Waals surface area contributed by atoms with Crippen molar-refractivity contribution in [1.29, 1.82) is 0 Å². The average molecular weight is 451 g/mol. The lowest BCUT2D eigenvalue weighted by Crippen LogP contribution is -2.61. The Hall–Kier alpha value is -4.05. The van der Waals surface area contributed by atoms with Crippen molar-refractivity contribution in [2.75, 3.05) is 7.11 Å². The third kappa shape index (κ3) is 2.23. The third-order valence-corrected chi connectivity index (χ3v) is 6.63. The van der Waals surface area contributed by atoms with Crippen LogP contribution in [0.5, 0.6) is 11.5 Å². The van der Waals surface area contributed by atoms with Crippen LogP contribution in [0, 0.1) is 0 Å². The Balaban J connectivity index is 1.68. The van der Waals surface area contributed by atoms with E-state index in [4.69, 9.17) is 14.0 Å². The number of phenolic OH excluding ortho intramolecular Hbond substituents is 1. The van der Waals surface area contributed by atoms with Crippen molar-refractivity contribution in [3.05, 3.63) is 51.4 Å². The first-order chi connectivity index (χ1) is 15.8. The molecule has 168 valence electrons. The fourth-order valence-electron chi connectivity index (χ4n) is 5.20. The predicted octanol–water partition coefficient (Wildman–Crippen LogP) is 1.63. The number of phenols is 1. The monoisotopic (exact) mass is 451 g/mol. The lowest BCUT2D eigenvalue weighted by molar-refractivity contribution is -0.169. The van der Waals surface area contributed by atoms with Gasteiger partial charge >= 0.3 is 11.6 Å². The van der Waals surface area contributed by atoms with E-state index < -0.39 is 40.4 Å². The van der Waals surface area contributed by atoms with Gasteiger partial charge in [0.1, 0.15) is 28.9 Å². The van der Waals surface area contributed by atoms with E-state index in [1.807, 2.05) is 0 Å². The molecule has 3 aliphatic rings. The van der Waals surface area contributed by atoms with Gasteiger partial charge in [-0.05, 0) is 24.1 Å². The Kier molecular flexibility index (Phi) is 3.72. The Morgan fingerprint density at radius 1 is 1.24 bits per heavy atom. The van der Waals surface area contributed by atoms with E-state index in [0.29, 0.717) is 27.6 Å². The average Bonchev–Trinajstić information content (AvgIpc) is 3.11. The zero-order valence-electron chi connectivity index (χ0n) is 17.2. The molecule has 0 amide bonds. The van der Waals surface area contributed by atoms with Crippen LogP contribution in [0.15, 0.2) is 39.2 Å². The molecule has 2 aliphatic heterocycles. The number of aromatic nitrogens is 1. The van der Waals surface area contributed by atoms with Gasteiger partial charge < -0.3 is 29.3 Å². The molecular weight excluding hydrogens is 434 g/mol. The number of rotatable bonds is 1. The van der Waals surface area contributed by atoms with Crippen molar-refractivity contribution in [3.8, 4) is 22.6 Å². The fourth-order valence-corrected chi connectivity index (χ4v) is 5.20. The van der Waals surface area contributed by atoms with Crippen LogP contribution < -0.4 is 10.4 Å². The van der Waals surface area contributed by atoms with Gasteiger partial charge in [-0.2, -0.15) is 0 Å². The second-order valence-electron chi connectivity index (χ2n) is 8.28. The van der Waals surface area contributed by atoms with Gasteiger partial charge in [-0.25, -0.2) is 14.3 Å². The number of carbonyl (C=O) groups excluding carboxylic acids is 2. The quantitative estimate of drug-likeness (QED) is 0.367. The first-order valence-electron chi connectivity index (χ1n) is 10.2. The summed E-state index contributed by atoms with van der Waals surface area (Å²) in [5, 5.41) is 33.5. The number of carbonyl (C=O) groups is 2. The number of aliphatic hydroxyl groups excluding tert-OH is 2. The second-order valence-corrected chi connectivity index (χ2v) is 8.28. The molecule has 1 aliphatic carbocycles. The van der Waals surface area contributed by atoms with Crippen molar-refractivity contribution < 1.29 is 38.9 Å². The van der Waals surface area contributed by atoms with Crippen LogP contribution in [0.25, 0.3) is 27.8 Å². The molecule has 0 saturated heterocycles. The molecule has 3 aromatic rings. The molecule has 3 N–H and O–H groups in total. The number of ether oxygens (including phenoxy) is 2. The summed E-state index contributed by atoms with van der Waals surface area (Å²) in [6.07, 6.45) is -1.66. The molecule has 0 radical (unpaired) electrons. The summed E-state index contributed by atoms with van der Waals surface area (Å²) in [6, 6.07) is 6.43. The molecule has 0 bridgehead atoms. The highest BCUT2D eigenvalue weighted by atomic mass is 16.6. The number of hydrogen-bond donors (Lipinski definition) is 3. The minimum Gasteiger partial charge on any atom is -0.506 e. The highest BCUT2D eigenvalue weighted by Gasteiger charge is 2.61. The van der Waals surface area contributed by atoms with Gasteiger partial charge in [0.2, 0.25) is 0 Å². The lowest BCUT2D eigenvalue weighted by atomic mass is 9.73. The van der Waals surface area contributed by atoms with Crippen molar-refractivity contribution in [2.24, 2.45) is 0 Å². The first-order valence-corrected chi connectivity index (χ1v) is 10.2. The zero-order chi connectivity index (χ0) is 23.2. The summed E-state index contributed by atoms with van der Waals surface area (Å²) in [6.45, 7) is 0.0688. The van der Waals surface area contributed by atoms with Crippen LogP contribution in [0.1, 0.15) is 24.0 Å². The maximum Gasteiger partial charge on any atom is 0.365 e. The Bertz CT molecular complexity index is 1510. The molecule has 2 unspecified atom stereocenters. The van der Waals surface area contributed by atoms with Gasteiger partial charge in [0.25, 0.3) is 5.60 Å². The maximum atomic E-state index is 12.8. The molecule has 33 heavy (non-hydrogen) atoms. The number of esters is 1. The summed E-state index contributed by atoms with van der Waals surface area (Å²) in [5.74, 6) is -2.80. The van der Waals surface area contributed by atoms with Crippen LogP contribution >= 0.6 is 0 Å². The smallest absolute Gasteiger partial charge is 0.365 e. The van der Waals surface area contributed by atoms with Crippen molar-refractivity contribution in [2.45, 2.75) is 31.1 Å². The lowest BCUT2D eigenvalue weighted by Gasteiger charge is -2.43. The molecule has 1 saturated carbocycles. The van der Waals surface area contributed by atoms with Crippen LogP contribution in [0.4, 0.5) is 0 Å². The maximum absolute atomic E-state index is 12.8. The highest BCUT2D eigenvalue weighted by molar-refractivity contribution is 6.13. The number of nitrogens with zero attached hydrogens (tertiary/aromatic N) is 1. The van der Waals surface area contributed by atoms with E-state index in [0.717, 1.165) is 7.11 Å². The summed E-state index contributed by atoms with van der Waals surface area (Å²) >= 11 is 0. The number of aromatic hydroxyl groups is 1. The second kappa shape index (κ2) is 6.26. The number of hydrogen-bond acceptors (Lipinski definition) is 9. The van der Waals surface area contributed by atoms with Gasteiger partial charge in [0.05, 0.1) is 30.1 Å². The fraction of sp³-hybridized carbons (Fsp3) is 0.261. The molecule has 6 rings (SSSR count). The topological polar surface area (TPSA) is 148 Å². The van der Waals surface area contributed by atoms with Crippen molar-refractivity contribution in [3.63, 3.8) is 0 Å². The molecule has 0 spiro atoms. The number of ketones is 1. The standard InChI is InChI=1S/C23H17NO9/c1-31-22(30)23-14(26)6-5-12(25)17(23)20(28)16-13(32-23)7-9-8-24-18-10(15(9)19(16)27)3-2-4-11(18)21(29)33-24/h2-4,7,14,26-28H,5-6,8H2,1H3. The van der Waals surface area contributed by atoms with Crippen LogP contribution in [-0.4, -0.2) is 50.6 Å². The normalized spacial score (nSPS) is 23.0. The summed E-state index contributed by atoms with van der Waals surface area (Å²) in [7, 11) is 1.08. The molecule has 1 aromatic heterocycles. The van der Waals surface area contributed by atoms with Gasteiger partial charge in [0, 0.05) is 17.5 Å². The highest BCUT2D eigenvalue weighted by Crippen LogP contribution is 2.53. The first kappa shape index (κ1) is 19.6. The van der Waals surface area contributed by atoms with E-state index in [1.54, 1.807) is 18.2 Å². The molecule has 1 fully saturated rings. The minimum absolute atomic E-state index is 0.0688. The Labute approximate surface area is 184 Å². The number of methoxy groups -OCH3 is 1. The number of Topliss-reactive ketones (excluding diaryl/α,β-unsaturated/α-hetero) is 1. The molecular formula is C23H17NO9. The third-order valence-electron chi connectivity index (χ3n) is 6.63. The van der Waals surface area contributed by atoms with Gasteiger partial charge in [0.15, 0.2) is 5.78 Å². The van der Waals surface area contributed by atoms with Gasteiger partial charge in [-0.1, -0.05) is 12.1 Å². The van der Waals surface area contributed by atoms with Crippen LogP contribution in [0.2, 0.25) is 0 Å². The van der Waals surface area contributed by atoms with E-state index in [1.165, 1.54) is 10.8 Å². The Morgan fingerprint density at radius 3 is 2.79 bits per heavy atom. The van der Waals surface area contributed by atoms with E-state index in [-0.39, 0.29) is 36.4 Å². The number of fused-ring (bicyclic) bond motifs is 4. The van der Waals surface area contributed by atoms with Crippen LogP contribution in [-0.2, 0) is 20.9 Å². The summed E-state index contributed by atoms with van der Waals surface area (Å²) < 4.78 is 17.5. The molecule has 2 atom stereocenters. The predicted molar refractivity (Wildman–Crippen MR) is 112 cm³/mol. The van der Waals surface area contributed by atoms with E-state index >= 15 is 0 Å².